The smallest absolute Gasteiger partial charge is 0.263 e. The number of sulfonamides is 1. The van der Waals surface area contributed by atoms with Gasteiger partial charge in [0.1, 0.15) is 17.3 Å². The monoisotopic (exact) mass is 344 g/mol. The molecule has 1 saturated heterocycles. The summed E-state index contributed by atoms with van der Waals surface area (Å²) >= 11 is 6.04. The normalized spacial score (nSPS) is 20.4. The Labute approximate surface area is 133 Å². The van der Waals surface area contributed by atoms with Crippen LogP contribution in [-0.2, 0) is 24.1 Å². The van der Waals surface area contributed by atoms with Crippen LogP contribution in [0.4, 0.5) is 0 Å². The number of hydrogen-bond donors (Lipinski definition) is 0. The van der Waals surface area contributed by atoms with Gasteiger partial charge >= 0.3 is 0 Å². The van der Waals surface area contributed by atoms with Crippen LogP contribution in [0.1, 0.15) is 24.6 Å². The third-order valence-corrected chi connectivity index (χ3v) is 6.27. The molecule has 0 spiro atoms. The summed E-state index contributed by atoms with van der Waals surface area (Å²) < 4.78 is 30.2. The lowest BCUT2D eigenvalue weighted by molar-refractivity contribution is 0.305. The number of hydrogen-bond acceptors (Lipinski definition) is 5. The molecule has 10 heteroatoms. The van der Waals surface area contributed by atoms with Crippen LogP contribution in [0, 0.1) is 0 Å². The zero-order valence-electron chi connectivity index (χ0n) is 12.3. The molecule has 1 unspecified atom stereocenters. The fraction of sp³-hybridized carbons (Fsp3) is 0.583. The van der Waals surface area contributed by atoms with E-state index in [1.165, 1.54) is 15.2 Å². The molecule has 2 aromatic heterocycles. The molecule has 2 aromatic rings. The average molecular weight is 345 g/mol. The molecule has 3 rings (SSSR count). The maximum absolute atomic E-state index is 12.7. The Morgan fingerprint density at radius 3 is 2.64 bits per heavy atom. The Bertz CT molecular complexity index is 783. The lowest BCUT2D eigenvalue weighted by Gasteiger charge is -2.30. The molecular weight excluding hydrogens is 328 g/mol. The van der Waals surface area contributed by atoms with Gasteiger partial charge in [-0.1, -0.05) is 11.6 Å². The van der Waals surface area contributed by atoms with Gasteiger partial charge in [0.05, 0.1) is 6.33 Å². The van der Waals surface area contributed by atoms with E-state index in [1.807, 2.05) is 11.6 Å². The summed E-state index contributed by atoms with van der Waals surface area (Å²) in [6, 6.07) is 0. The first-order valence-corrected chi connectivity index (χ1v) is 8.74. The van der Waals surface area contributed by atoms with Crippen molar-refractivity contribution in [3.63, 3.8) is 0 Å². The SMILES string of the molecule is Cn1cnnc1C1CCCN(S(=O)(=O)c2ncn(C)c2Cl)C1. The van der Waals surface area contributed by atoms with E-state index in [1.54, 1.807) is 13.4 Å². The molecule has 120 valence electrons. The van der Waals surface area contributed by atoms with Crippen LogP contribution in [0.2, 0.25) is 5.15 Å². The molecule has 0 aromatic carbocycles. The van der Waals surface area contributed by atoms with E-state index < -0.39 is 10.0 Å². The maximum Gasteiger partial charge on any atom is 0.263 e. The summed E-state index contributed by atoms with van der Waals surface area (Å²) in [7, 11) is -0.178. The first kappa shape index (κ1) is 15.4. The summed E-state index contributed by atoms with van der Waals surface area (Å²) in [4.78, 5) is 3.94. The molecule has 1 fully saturated rings. The highest BCUT2D eigenvalue weighted by molar-refractivity contribution is 7.89. The molecule has 3 heterocycles. The van der Waals surface area contributed by atoms with Gasteiger partial charge in [0.25, 0.3) is 10.0 Å². The molecular formula is C12H17ClN6O2S. The van der Waals surface area contributed by atoms with E-state index in [0.717, 1.165) is 18.7 Å². The van der Waals surface area contributed by atoms with Crippen molar-refractivity contribution in [2.45, 2.75) is 23.8 Å². The topological polar surface area (TPSA) is 85.9 Å². The average Bonchev–Trinajstić information content (AvgIpc) is 3.06. The fourth-order valence-electron chi connectivity index (χ4n) is 2.72. The molecule has 1 aliphatic rings. The maximum atomic E-state index is 12.7. The Balaban J connectivity index is 1.88. The second-order valence-corrected chi connectivity index (χ2v) is 7.66. The molecule has 0 aliphatic carbocycles. The van der Waals surface area contributed by atoms with Crippen molar-refractivity contribution in [1.29, 1.82) is 0 Å². The van der Waals surface area contributed by atoms with Crippen LogP contribution in [0.25, 0.3) is 0 Å². The van der Waals surface area contributed by atoms with Crippen molar-refractivity contribution < 1.29 is 8.42 Å². The predicted molar refractivity (Wildman–Crippen MR) is 80.0 cm³/mol. The molecule has 0 saturated carbocycles. The van der Waals surface area contributed by atoms with Gasteiger partial charge in [-0.15, -0.1) is 10.2 Å². The molecule has 8 nitrogen and oxygen atoms in total. The third-order valence-electron chi connectivity index (χ3n) is 3.91. The highest BCUT2D eigenvalue weighted by Crippen LogP contribution is 2.30. The zero-order valence-corrected chi connectivity index (χ0v) is 13.9. The van der Waals surface area contributed by atoms with Crippen LogP contribution < -0.4 is 0 Å². The van der Waals surface area contributed by atoms with Crippen LogP contribution in [0.15, 0.2) is 17.7 Å². The number of imidazole rings is 1. The van der Waals surface area contributed by atoms with Gasteiger partial charge in [0.2, 0.25) is 5.03 Å². The minimum atomic E-state index is -3.70. The number of aromatic nitrogens is 5. The first-order valence-electron chi connectivity index (χ1n) is 6.92. The number of rotatable bonds is 3. The Hall–Kier alpha value is -1.45. The Morgan fingerprint density at radius 2 is 2.05 bits per heavy atom. The number of halogens is 1. The van der Waals surface area contributed by atoms with E-state index in [9.17, 15) is 8.42 Å². The fourth-order valence-corrected chi connectivity index (χ4v) is 4.63. The minimum absolute atomic E-state index is 0.0264. The van der Waals surface area contributed by atoms with Crippen LogP contribution in [0.5, 0.6) is 0 Å². The van der Waals surface area contributed by atoms with Crippen molar-refractivity contribution in [1.82, 2.24) is 28.6 Å². The highest BCUT2D eigenvalue weighted by Gasteiger charge is 2.35. The molecule has 0 bridgehead atoms. The molecule has 22 heavy (non-hydrogen) atoms. The lowest BCUT2D eigenvalue weighted by Crippen LogP contribution is -2.40. The van der Waals surface area contributed by atoms with Crippen molar-refractivity contribution in [2.75, 3.05) is 13.1 Å². The second-order valence-electron chi connectivity index (χ2n) is 5.45. The minimum Gasteiger partial charge on any atom is -0.324 e. The molecule has 0 N–H and O–H groups in total. The van der Waals surface area contributed by atoms with Crippen molar-refractivity contribution in [3.05, 3.63) is 23.6 Å². The van der Waals surface area contributed by atoms with Crippen molar-refractivity contribution in [2.24, 2.45) is 14.1 Å². The van der Waals surface area contributed by atoms with Gasteiger partial charge in [-0.05, 0) is 12.8 Å². The molecule has 1 atom stereocenters. The summed E-state index contributed by atoms with van der Waals surface area (Å²) in [5.74, 6) is 0.825. The molecule has 1 aliphatic heterocycles. The Morgan fingerprint density at radius 1 is 1.27 bits per heavy atom. The lowest BCUT2D eigenvalue weighted by atomic mass is 9.99. The highest BCUT2D eigenvalue weighted by atomic mass is 35.5. The zero-order chi connectivity index (χ0) is 15.9. The van der Waals surface area contributed by atoms with Crippen LogP contribution in [0.3, 0.4) is 0 Å². The van der Waals surface area contributed by atoms with Crippen LogP contribution >= 0.6 is 11.6 Å². The quantitative estimate of drug-likeness (QED) is 0.821. The predicted octanol–water partition coefficient (Wildman–Crippen LogP) is 0.770. The number of aryl methyl sites for hydroxylation is 2. The Kier molecular flexibility index (Phi) is 3.96. The summed E-state index contributed by atoms with van der Waals surface area (Å²) in [5.41, 5.74) is 0. The van der Waals surface area contributed by atoms with E-state index >= 15 is 0 Å². The van der Waals surface area contributed by atoms with Gasteiger partial charge in [-0.25, -0.2) is 13.4 Å². The van der Waals surface area contributed by atoms with E-state index in [2.05, 4.69) is 15.2 Å². The third kappa shape index (κ3) is 2.53. The summed E-state index contributed by atoms with van der Waals surface area (Å²) in [6.45, 7) is 0.825. The summed E-state index contributed by atoms with van der Waals surface area (Å²) in [5, 5.41) is 8.00. The van der Waals surface area contributed by atoms with E-state index in [4.69, 9.17) is 11.6 Å². The number of nitrogens with zero attached hydrogens (tertiary/aromatic N) is 6. The van der Waals surface area contributed by atoms with Crippen molar-refractivity contribution >= 4 is 21.6 Å². The van der Waals surface area contributed by atoms with Crippen LogP contribution in [-0.4, -0.2) is 50.1 Å². The van der Waals surface area contributed by atoms with E-state index in [-0.39, 0.29) is 16.1 Å². The van der Waals surface area contributed by atoms with Gasteiger partial charge in [-0.3, -0.25) is 0 Å². The largest absolute Gasteiger partial charge is 0.324 e. The molecule has 0 radical (unpaired) electrons. The van der Waals surface area contributed by atoms with E-state index in [0.29, 0.717) is 13.1 Å². The van der Waals surface area contributed by atoms with Gasteiger partial charge in [-0.2, -0.15) is 4.31 Å². The standard InChI is InChI=1S/C12H17ClN6O2S/c1-17-7-14-12(10(17)13)22(20,21)19-5-3-4-9(6-19)11-16-15-8-18(11)2/h7-9H,3-6H2,1-2H3. The summed E-state index contributed by atoms with van der Waals surface area (Å²) in [6.07, 6.45) is 4.67. The number of piperidine rings is 1. The van der Waals surface area contributed by atoms with Gasteiger partial charge in [0, 0.05) is 33.1 Å². The second kappa shape index (κ2) is 5.64. The van der Waals surface area contributed by atoms with Gasteiger partial charge < -0.3 is 9.13 Å². The van der Waals surface area contributed by atoms with Gasteiger partial charge in [0.15, 0.2) is 0 Å². The molecule has 0 amide bonds. The van der Waals surface area contributed by atoms with Crippen molar-refractivity contribution in [3.8, 4) is 0 Å². The first-order chi connectivity index (χ1) is 10.4.